The lowest BCUT2D eigenvalue weighted by Crippen LogP contribution is -2.46. The highest BCUT2D eigenvalue weighted by atomic mass is 16.7. The predicted molar refractivity (Wildman–Crippen MR) is 163 cm³/mol. The highest BCUT2D eigenvalue weighted by Crippen LogP contribution is 2.34. The van der Waals surface area contributed by atoms with Crippen LogP contribution in [0, 0.1) is 0 Å². The van der Waals surface area contributed by atoms with Gasteiger partial charge in [-0.25, -0.2) is 19.4 Å². The van der Waals surface area contributed by atoms with Gasteiger partial charge in [0.1, 0.15) is 29.2 Å². The molecule has 1 aromatic heterocycles. The van der Waals surface area contributed by atoms with Crippen molar-refractivity contribution in [2.45, 2.75) is 24.5 Å². The Morgan fingerprint density at radius 1 is 0.761 bits per heavy atom. The molecule has 4 atom stereocenters. The molecule has 6 rings (SSSR count). The molecule has 14 nitrogen and oxygen atoms in total. The number of rotatable bonds is 8. The van der Waals surface area contributed by atoms with E-state index in [1.807, 2.05) is 0 Å². The minimum Gasteiger partial charge on any atom is -0.459 e. The Morgan fingerprint density at radius 3 is 1.85 bits per heavy atom. The highest BCUT2D eigenvalue weighted by molar-refractivity contribution is 5.91. The van der Waals surface area contributed by atoms with Gasteiger partial charge in [0.2, 0.25) is 5.96 Å². The topological polar surface area (TPSA) is 208 Å². The summed E-state index contributed by atoms with van der Waals surface area (Å²) in [6.45, 7) is -0.366. The Bertz CT molecular complexity index is 1910. The Kier molecular flexibility index (Phi) is 8.34. The molecule has 0 amide bonds. The zero-order valence-corrected chi connectivity index (χ0v) is 24.2. The van der Waals surface area contributed by atoms with Gasteiger partial charge >= 0.3 is 17.9 Å². The van der Waals surface area contributed by atoms with E-state index in [0.717, 1.165) is 0 Å². The first kappa shape index (κ1) is 29.9. The second-order valence-electron chi connectivity index (χ2n) is 10.3. The van der Waals surface area contributed by atoms with E-state index in [-0.39, 0.29) is 46.0 Å². The summed E-state index contributed by atoms with van der Waals surface area (Å²) >= 11 is 0. The maximum Gasteiger partial charge on any atom is 0.338 e. The van der Waals surface area contributed by atoms with E-state index in [1.165, 1.54) is 10.9 Å². The summed E-state index contributed by atoms with van der Waals surface area (Å²) in [7, 11) is 0. The molecule has 7 N–H and O–H groups in total. The van der Waals surface area contributed by atoms with Crippen LogP contribution in [-0.2, 0) is 18.9 Å². The van der Waals surface area contributed by atoms with Crippen molar-refractivity contribution in [3.63, 3.8) is 0 Å². The predicted octanol–water partition coefficient (Wildman–Crippen LogP) is 0.0554. The number of benzene rings is 3. The summed E-state index contributed by atoms with van der Waals surface area (Å²) < 4.78 is 25.4. The highest BCUT2D eigenvalue weighted by Gasteiger charge is 2.51. The van der Waals surface area contributed by atoms with E-state index < -0.39 is 42.4 Å². The van der Waals surface area contributed by atoms with E-state index in [9.17, 15) is 14.4 Å². The Hall–Kier alpha value is -6.15. The first-order valence-electron chi connectivity index (χ1n) is 14.1. The van der Waals surface area contributed by atoms with Crippen LogP contribution in [0.2, 0.25) is 0 Å². The van der Waals surface area contributed by atoms with Crippen LogP contribution < -0.4 is 33.2 Å². The lowest BCUT2D eigenvalue weighted by molar-refractivity contribution is -0.0632. The minimum atomic E-state index is -1.30. The van der Waals surface area contributed by atoms with Crippen molar-refractivity contribution in [1.29, 1.82) is 0 Å². The summed E-state index contributed by atoms with van der Waals surface area (Å²) in [6, 6.07) is 24.9. The van der Waals surface area contributed by atoms with E-state index in [1.54, 1.807) is 91.0 Å². The number of nitrogens with zero attached hydrogens (tertiary/aromatic N) is 3. The van der Waals surface area contributed by atoms with Gasteiger partial charge in [-0.05, 0) is 36.4 Å². The third-order valence-electron chi connectivity index (χ3n) is 7.25. The van der Waals surface area contributed by atoms with E-state index in [2.05, 4.69) is 15.3 Å². The standard InChI is InChI=1S/C32H29N7O7/c33-26-22-23(27(34)38-32(35)37-26)39(17-36-22)28-25(46-31(42)20-14-8-3-9-15-20)24(45-30(41)19-12-6-2-7-13-19)21(44-28)16-43-29(40)18-10-4-1-5-11-18/h1-15,17,21,24-25,28H,16,33-34H2,(H3,35,37,38)/t21-,24-,25-,28-/m1/s1. The fraction of sp³-hybridized carbons (Fsp3) is 0.156. The quantitative estimate of drug-likeness (QED) is 0.152. The maximum absolute atomic E-state index is 13.4. The molecular formula is C32H29N7O7. The van der Waals surface area contributed by atoms with E-state index in [0.29, 0.717) is 5.56 Å². The number of hydrogen-bond donors (Lipinski definition) is 4. The third-order valence-corrected chi connectivity index (χ3v) is 7.25. The number of imidazole rings is 1. The monoisotopic (exact) mass is 623 g/mol. The normalized spacial score (nSPS) is 20.5. The molecular weight excluding hydrogens is 594 g/mol. The van der Waals surface area contributed by atoms with E-state index in [4.69, 9.17) is 36.1 Å². The van der Waals surface area contributed by atoms with Gasteiger partial charge in [0, 0.05) is 0 Å². The van der Waals surface area contributed by atoms with Crippen molar-refractivity contribution in [1.82, 2.24) is 14.9 Å². The summed E-state index contributed by atoms with van der Waals surface area (Å²) in [6.07, 6.45) is -3.51. The van der Waals surface area contributed by atoms with Crippen LogP contribution in [0.3, 0.4) is 0 Å². The van der Waals surface area contributed by atoms with Gasteiger partial charge in [-0.3, -0.25) is 4.57 Å². The van der Waals surface area contributed by atoms with Crippen LogP contribution >= 0.6 is 0 Å². The number of hydrogen-bond acceptors (Lipinski definition) is 13. The molecule has 2 aliphatic rings. The summed E-state index contributed by atoms with van der Waals surface area (Å²) in [5, 5.41) is 3.14. The molecule has 3 heterocycles. The molecule has 0 saturated carbocycles. The lowest BCUT2D eigenvalue weighted by atomic mass is 10.1. The Labute approximate surface area is 261 Å². The fourth-order valence-corrected chi connectivity index (χ4v) is 5.10. The Balaban J connectivity index is 1.42. The molecule has 3 aromatic carbocycles. The van der Waals surface area contributed by atoms with Crippen molar-refractivity contribution >= 4 is 35.5 Å². The zero-order chi connectivity index (χ0) is 32.2. The SMILES string of the molecule is NC1=NC(N)=c2ncn([C@@H]3O[C@H](COC(=O)c4ccccc4)[C@@H](OC(=O)c4ccccc4)[C@H]3OC(=O)c3ccccc3)c2=C(N)N1. The van der Waals surface area contributed by atoms with Gasteiger partial charge in [0.25, 0.3) is 0 Å². The van der Waals surface area contributed by atoms with Crippen LogP contribution in [-0.4, -0.2) is 58.3 Å². The summed E-state index contributed by atoms with van der Waals surface area (Å²) in [5.41, 5.74) is 19.1. The maximum atomic E-state index is 13.4. The van der Waals surface area contributed by atoms with Gasteiger partial charge in [0.15, 0.2) is 24.3 Å². The van der Waals surface area contributed by atoms with Crippen LogP contribution in [0.4, 0.5) is 0 Å². The largest absolute Gasteiger partial charge is 0.459 e. The molecule has 234 valence electrons. The smallest absolute Gasteiger partial charge is 0.338 e. The first-order valence-corrected chi connectivity index (χ1v) is 14.1. The van der Waals surface area contributed by atoms with Crippen LogP contribution in [0.5, 0.6) is 0 Å². The van der Waals surface area contributed by atoms with Crippen LogP contribution in [0.15, 0.2) is 102 Å². The fourth-order valence-electron chi connectivity index (χ4n) is 5.10. The van der Waals surface area contributed by atoms with Crippen molar-refractivity contribution < 1.29 is 33.3 Å². The molecule has 14 heteroatoms. The lowest BCUT2D eigenvalue weighted by Gasteiger charge is -2.25. The van der Waals surface area contributed by atoms with E-state index >= 15 is 0 Å². The average molecular weight is 624 g/mol. The van der Waals surface area contributed by atoms with Gasteiger partial charge in [0.05, 0.1) is 23.0 Å². The average Bonchev–Trinajstić information content (AvgIpc) is 3.63. The van der Waals surface area contributed by atoms with Gasteiger partial charge in [-0.15, -0.1) is 0 Å². The molecule has 46 heavy (non-hydrogen) atoms. The molecule has 0 aliphatic carbocycles. The van der Waals surface area contributed by atoms with Crippen molar-refractivity contribution in [2.75, 3.05) is 6.61 Å². The number of fused-ring (bicyclic) bond motifs is 1. The van der Waals surface area contributed by atoms with Gasteiger partial charge in [-0.1, -0.05) is 54.6 Å². The zero-order valence-electron chi connectivity index (χ0n) is 24.2. The number of carbonyl (C=O) groups excluding carboxylic acids is 3. The molecule has 1 saturated heterocycles. The Morgan fingerprint density at radius 2 is 1.28 bits per heavy atom. The number of aromatic nitrogens is 2. The van der Waals surface area contributed by atoms with Crippen molar-refractivity contribution in [3.8, 4) is 0 Å². The number of ether oxygens (including phenoxy) is 4. The molecule has 1 fully saturated rings. The molecule has 0 spiro atoms. The van der Waals surface area contributed by atoms with Crippen molar-refractivity contribution in [2.24, 2.45) is 22.2 Å². The van der Waals surface area contributed by atoms with Crippen molar-refractivity contribution in [3.05, 3.63) is 125 Å². The number of guanidine groups is 1. The van der Waals surface area contributed by atoms with Crippen LogP contribution in [0.1, 0.15) is 37.3 Å². The first-order chi connectivity index (χ1) is 22.3. The number of nitrogens with one attached hydrogen (secondary N) is 1. The number of aliphatic imine (C=N–C) groups is 1. The molecule has 0 unspecified atom stereocenters. The second-order valence-corrected chi connectivity index (χ2v) is 10.3. The molecule has 2 aliphatic heterocycles. The number of carbonyl (C=O) groups is 3. The van der Waals surface area contributed by atoms with Gasteiger partial charge < -0.3 is 41.5 Å². The molecule has 4 aromatic rings. The number of nitrogens with two attached hydrogens (primary N) is 3. The number of esters is 3. The summed E-state index contributed by atoms with van der Waals surface area (Å²) in [4.78, 5) is 48.1. The molecule has 0 bridgehead atoms. The molecule has 0 radical (unpaired) electrons. The second kappa shape index (κ2) is 12.8. The van der Waals surface area contributed by atoms with Crippen LogP contribution in [0.25, 0.3) is 11.6 Å². The third kappa shape index (κ3) is 6.09. The minimum absolute atomic E-state index is 0.0303. The summed E-state index contributed by atoms with van der Waals surface area (Å²) in [5.74, 6) is -2.14. The van der Waals surface area contributed by atoms with Gasteiger partial charge in [-0.2, -0.15) is 4.99 Å².